The summed E-state index contributed by atoms with van der Waals surface area (Å²) in [5.41, 5.74) is -0.578. The van der Waals surface area contributed by atoms with Gasteiger partial charge < -0.3 is 10.2 Å². The summed E-state index contributed by atoms with van der Waals surface area (Å²) in [6.07, 6.45) is -2.65. The minimum atomic E-state index is -4.41. The molecule has 0 saturated carbocycles. The third-order valence-corrected chi connectivity index (χ3v) is 3.96. The van der Waals surface area contributed by atoms with Gasteiger partial charge in [-0.25, -0.2) is 0 Å². The van der Waals surface area contributed by atoms with Crippen LogP contribution in [0.3, 0.4) is 0 Å². The summed E-state index contributed by atoms with van der Waals surface area (Å²) in [6.45, 7) is 2.98. The molecule has 1 aromatic rings. The number of carbonyl (C=O) groups is 2. The zero-order valence-corrected chi connectivity index (χ0v) is 12.8. The minimum absolute atomic E-state index is 0.0642. The molecule has 1 aliphatic rings. The standard InChI is InChI=1S/C16H19F3N2O2/c1-2-14(22)21-9-7-13(8-10-21)20-15(23)11-3-5-12(6-4-11)16(17,18)19/h3-6,13H,2,7-10H2,1H3,(H,20,23). The molecule has 0 spiro atoms. The molecule has 0 unspecified atom stereocenters. The Balaban J connectivity index is 1.89. The Morgan fingerprint density at radius 2 is 1.74 bits per heavy atom. The number of rotatable bonds is 3. The fourth-order valence-corrected chi connectivity index (χ4v) is 2.58. The van der Waals surface area contributed by atoms with Crippen LogP contribution in [0.2, 0.25) is 0 Å². The van der Waals surface area contributed by atoms with Crippen LogP contribution in [0.5, 0.6) is 0 Å². The van der Waals surface area contributed by atoms with Gasteiger partial charge in [0, 0.05) is 31.1 Å². The molecule has 2 rings (SSSR count). The highest BCUT2D eigenvalue weighted by atomic mass is 19.4. The predicted octanol–water partition coefficient (Wildman–Crippen LogP) is 2.84. The van der Waals surface area contributed by atoms with E-state index >= 15 is 0 Å². The number of carbonyl (C=O) groups excluding carboxylic acids is 2. The molecule has 1 saturated heterocycles. The van der Waals surface area contributed by atoms with Crippen LogP contribution in [-0.4, -0.2) is 35.8 Å². The van der Waals surface area contributed by atoms with E-state index in [4.69, 9.17) is 0 Å². The Labute approximate surface area is 132 Å². The molecule has 0 aliphatic carbocycles. The van der Waals surface area contributed by atoms with Gasteiger partial charge >= 0.3 is 6.18 Å². The zero-order valence-electron chi connectivity index (χ0n) is 12.8. The van der Waals surface area contributed by atoms with Crippen LogP contribution >= 0.6 is 0 Å². The second-order valence-corrected chi connectivity index (χ2v) is 5.56. The first-order valence-corrected chi connectivity index (χ1v) is 7.57. The molecule has 0 radical (unpaired) electrons. The number of benzene rings is 1. The second kappa shape index (κ2) is 7.02. The fraction of sp³-hybridized carbons (Fsp3) is 0.500. The van der Waals surface area contributed by atoms with Crippen molar-refractivity contribution in [2.75, 3.05) is 13.1 Å². The van der Waals surface area contributed by atoms with Crippen molar-refractivity contribution in [2.24, 2.45) is 0 Å². The van der Waals surface area contributed by atoms with Crippen molar-refractivity contribution in [2.45, 2.75) is 38.4 Å². The van der Waals surface area contributed by atoms with E-state index in [1.807, 2.05) is 0 Å². The van der Waals surface area contributed by atoms with Gasteiger partial charge in [0.2, 0.25) is 5.91 Å². The van der Waals surface area contributed by atoms with Gasteiger partial charge in [-0.3, -0.25) is 9.59 Å². The second-order valence-electron chi connectivity index (χ2n) is 5.56. The number of hydrogen-bond donors (Lipinski definition) is 1. The quantitative estimate of drug-likeness (QED) is 0.927. The fourth-order valence-electron chi connectivity index (χ4n) is 2.58. The molecule has 0 aromatic heterocycles. The van der Waals surface area contributed by atoms with Crippen molar-refractivity contribution in [3.05, 3.63) is 35.4 Å². The van der Waals surface area contributed by atoms with Crippen LogP contribution in [0, 0.1) is 0 Å². The Morgan fingerprint density at radius 1 is 1.17 bits per heavy atom. The van der Waals surface area contributed by atoms with Crippen molar-refractivity contribution in [1.29, 1.82) is 0 Å². The summed E-state index contributed by atoms with van der Waals surface area (Å²) in [6, 6.07) is 4.09. The number of nitrogens with zero attached hydrogens (tertiary/aromatic N) is 1. The van der Waals surface area contributed by atoms with Crippen molar-refractivity contribution in [1.82, 2.24) is 10.2 Å². The number of piperidine rings is 1. The Bertz CT molecular complexity index is 562. The number of hydrogen-bond acceptors (Lipinski definition) is 2. The molecule has 1 heterocycles. The summed E-state index contributed by atoms with van der Waals surface area (Å²) in [7, 11) is 0. The van der Waals surface area contributed by atoms with E-state index in [0.717, 1.165) is 12.1 Å². The van der Waals surface area contributed by atoms with Gasteiger partial charge in [-0.05, 0) is 37.1 Å². The number of halogens is 3. The lowest BCUT2D eigenvalue weighted by molar-refractivity contribution is -0.137. The molecule has 4 nitrogen and oxygen atoms in total. The lowest BCUT2D eigenvalue weighted by Crippen LogP contribution is -2.46. The van der Waals surface area contributed by atoms with Crippen LogP contribution in [0.15, 0.2) is 24.3 Å². The zero-order chi connectivity index (χ0) is 17.0. The molecule has 0 bridgehead atoms. The van der Waals surface area contributed by atoms with Crippen molar-refractivity contribution in [3.8, 4) is 0 Å². The minimum Gasteiger partial charge on any atom is -0.349 e. The first-order chi connectivity index (χ1) is 10.8. The van der Waals surface area contributed by atoms with Crippen molar-refractivity contribution < 1.29 is 22.8 Å². The van der Waals surface area contributed by atoms with Gasteiger partial charge in [0.25, 0.3) is 5.91 Å². The van der Waals surface area contributed by atoms with E-state index in [-0.39, 0.29) is 23.4 Å². The first-order valence-electron chi connectivity index (χ1n) is 7.57. The summed E-state index contributed by atoms with van der Waals surface area (Å²) in [5.74, 6) is -0.295. The Kier molecular flexibility index (Phi) is 5.28. The highest BCUT2D eigenvalue weighted by molar-refractivity contribution is 5.94. The van der Waals surface area contributed by atoms with Gasteiger partial charge in [-0.2, -0.15) is 13.2 Å². The molecule has 1 N–H and O–H groups in total. The van der Waals surface area contributed by atoms with E-state index in [2.05, 4.69) is 5.32 Å². The summed E-state index contributed by atoms with van der Waals surface area (Å²) in [5, 5.41) is 2.81. The molecule has 126 valence electrons. The molecular formula is C16H19F3N2O2. The molecule has 7 heteroatoms. The highest BCUT2D eigenvalue weighted by Gasteiger charge is 2.30. The first kappa shape index (κ1) is 17.3. The monoisotopic (exact) mass is 328 g/mol. The van der Waals surface area contributed by atoms with E-state index in [1.165, 1.54) is 12.1 Å². The van der Waals surface area contributed by atoms with Crippen molar-refractivity contribution in [3.63, 3.8) is 0 Å². The lowest BCUT2D eigenvalue weighted by Gasteiger charge is -2.32. The van der Waals surface area contributed by atoms with E-state index in [0.29, 0.717) is 32.4 Å². The SMILES string of the molecule is CCC(=O)N1CCC(NC(=O)c2ccc(C(F)(F)F)cc2)CC1. The highest BCUT2D eigenvalue weighted by Crippen LogP contribution is 2.29. The summed E-state index contributed by atoms with van der Waals surface area (Å²) < 4.78 is 37.5. The molecular weight excluding hydrogens is 309 g/mol. The van der Waals surface area contributed by atoms with Gasteiger partial charge in [-0.15, -0.1) is 0 Å². The molecule has 2 amide bonds. The van der Waals surface area contributed by atoms with Crippen LogP contribution in [0.4, 0.5) is 13.2 Å². The van der Waals surface area contributed by atoms with Crippen molar-refractivity contribution >= 4 is 11.8 Å². The molecule has 1 aliphatic heterocycles. The topological polar surface area (TPSA) is 49.4 Å². The third-order valence-electron chi connectivity index (χ3n) is 3.96. The van der Waals surface area contributed by atoms with E-state index < -0.39 is 11.7 Å². The van der Waals surface area contributed by atoms with Gasteiger partial charge in [0.05, 0.1) is 5.56 Å². The lowest BCUT2D eigenvalue weighted by atomic mass is 10.0. The Morgan fingerprint density at radius 3 is 2.22 bits per heavy atom. The summed E-state index contributed by atoms with van der Waals surface area (Å²) >= 11 is 0. The maximum Gasteiger partial charge on any atom is 0.416 e. The molecule has 1 fully saturated rings. The van der Waals surface area contributed by atoms with Crippen LogP contribution in [0.1, 0.15) is 42.1 Å². The average molecular weight is 328 g/mol. The van der Waals surface area contributed by atoms with Gasteiger partial charge in [0.1, 0.15) is 0 Å². The average Bonchev–Trinajstić information content (AvgIpc) is 2.54. The smallest absolute Gasteiger partial charge is 0.349 e. The molecule has 1 aromatic carbocycles. The normalized spacial score (nSPS) is 16.3. The molecule has 23 heavy (non-hydrogen) atoms. The maximum absolute atomic E-state index is 12.5. The van der Waals surface area contributed by atoms with Crippen LogP contribution in [0.25, 0.3) is 0 Å². The number of alkyl halides is 3. The molecule has 0 atom stereocenters. The van der Waals surface area contributed by atoms with Gasteiger partial charge in [-0.1, -0.05) is 6.92 Å². The number of nitrogens with one attached hydrogen (secondary N) is 1. The number of likely N-dealkylation sites (tertiary alicyclic amines) is 1. The van der Waals surface area contributed by atoms with Crippen LogP contribution in [-0.2, 0) is 11.0 Å². The Hall–Kier alpha value is -2.05. The van der Waals surface area contributed by atoms with E-state index in [9.17, 15) is 22.8 Å². The predicted molar refractivity (Wildman–Crippen MR) is 78.8 cm³/mol. The maximum atomic E-state index is 12.5. The van der Waals surface area contributed by atoms with Gasteiger partial charge in [0.15, 0.2) is 0 Å². The largest absolute Gasteiger partial charge is 0.416 e. The summed E-state index contributed by atoms with van der Waals surface area (Å²) in [4.78, 5) is 25.4. The van der Waals surface area contributed by atoms with Crippen LogP contribution < -0.4 is 5.32 Å². The van der Waals surface area contributed by atoms with E-state index in [1.54, 1.807) is 11.8 Å². The third kappa shape index (κ3) is 4.46. The number of amides is 2.